The fraction of sp³-hybridized carbons (Fsp3) is 0.269. The summed E-state index contributed by atoms with van der Waals surface area (Å²) in [5.74, 6) is 1.56. The zero-order chi connectivity index (χ0) is 22.1. The molecule has 164 valence electrons. The van der Waals surface area contributed by atoms with Gasteiger partial charge in [0.1, 0.15) is 17.3 Å². The second kappa shape index (κ2) is 8.73. The smallest absolute Gasteiger partial charge is 0.152 e. The van der Waals surface area contributed by atoms with Crippen molar-refractivity contribution < 1.29 is 8.81 Å². The van der Waals surface area contributed by atoms with Crippen LogP contribution >= 0.6 is 0 Å². The predicted octanol–water partition coefficient (Wildman–Crippen LogP) is 4.99. The van der Waals surface area contributed by atoms with E-state index in [4.69, 9.17) is 9.52 Å². The first kappa shape index (κ1) is 20.7. The highest BCUT2D eigenvalue weighted by atomic mass is 19.1. The molecule has 32 heavy (non-hydrogen) atoms. The van der Waals surface area contributed by atoms with Gasteiger partial charge >= 0.3 is 0 Å². The molecule has 5 nitrogen and oxygen atoms in total. The van der Waals surface area contributed by atoms with Gasteiger partial charge in [-0.25, -0.2) is 9.07 Å². The van der Waals surface area contributed by atoms with Crippen molar-refractivity contribution in [3.8, 4) is 28.3 Å². The number of aromatic nitrogens is 2. The van der Waals surface area contributed by atoms with Crippen LogP contribution in [0.2, 0.25) is 0 Å². The molecular weight excluding hydrogens is 403 g/mol. The van der Waals surface area contributed by atoms with Crippen LogP contribution < -0.4 is 0 Å². The number of aryl methyl sites for hydroxylation is 1. The minimum Gasteiger partial charge on any atom is -0.458 e. The minimum absolute atomic E-state index is 0.229. The van der Waals surface area contributed by atoms with E-state index in [1.807, 2.05) is 48.0 Å². The van der Waals surface area contributed by atoms with E-state index in [0.717, 1.165) is 72.4 Å². The molecule has 1 aliphatic rings. The Morgan fingerprint density at radius 1 is 0.875 bits per heavy atom. The standard InChI is InChI=1S/C26H27FN4O/c1-19-17-25(26-12-11-24(32-26)18-30-15-13-29(2)14-16-30)31(28-19)23-9-5-21(6-10-23)20-3-7-22(27)8-4-20/h3-12,17H,13-16,18H2,1-2H3. The molecule has 2 aromatic carbocycles. The summed E-state index contributed by atoms with van der Waals surface area (Å²) in [6.07, 6.45) is 0. The van der Waals surface area contributed by atoms with Crippen LogP contribution in [0.3, 0.4) is 0 Å². The topological polar surface area (TPSA) is 37.4 Å². The number of likely N-dealkylation sites (N-methyl/N-ethyl adjacent to an activating group) is 1. The molecule has 2 aromatic heterocycles. The summed E-state index contributed by atoms with van der Waals surface area (Å²) in [4.78, 5) is 4.78. The van der Waals surface area contributed by atoms with Crippen LogP contribution in [-0.2, 0) is 6.54 Å². The predicted molar refractivity (Wildman–Crippen MR) is 124 cm³/mol. The highest BCUT2D eigenvalue weighted by molar-refractivity contribution is 5.65. The summed E-state index contributed by atoms with van der Waals surface area (Å²) >= 11 is 0. The lowest BCUT2D eigenvalue weighted by molar-refractivity contribution is 0.140. The normalized spacial score (nSPS) is 15.3. The Bertz CT molecular complexity index is 1190. The van der Waals surface area contributed by atoms with E-state index in [9.17, 15) is 4.39 Å². The summed E-state index contributed by atoms with van der Waals surface area (Å²) in [5.41, 5.74) is 4.83. The van der Waals surface area contributed by atoms with Crippen molar-refractivity contribution in [1.82, 2.24) is 19.6 Å². The monoisotopic (exact) mass is 430 g/mol. The Morgan fingerprint density at radius 2 is 1.53 bits per heavy atom. The van der Waals surface area contributed by atoms with E-state index in [0.29, 0.717) is 0 Å². The average Bonchev–Trinajstić information content (AvgIpc) is 3.42. The van der Waals surface area contributed by atoms with Gasteiger partial charge in [-0.05, 0) is 67.6 Å². The molecule has 6 heteroatoms. The molecule has 0 amide bonds. The molecule has 0 saturated carbocycles. The summed E-state index contributed by atoms with van der Waals surface area (Å²) in [5, 5.41) is 4.70. The number of hydrogen-bond donors (Lipinski definition) is 0. The van der Waals surface area contributed by atoms with E-state index in [-0.39, 0.29) is 5.82 Å². The molecule has 4 aromatic rings. The van der Waals surface area contributed by atoms with Crippen LogP contribution in [0.5, 0.6) is 0 Å². The van der Waals surface area contributed by atoms with Crippen molar-refractivity contribution in [2.24, 2.45) is 0 Å². The molecule has 0 unspecified atom stereocenters. The second-order valence-electron chi connectivity index (χ2n) is 8.48. The number of halogens is 1. The second-order valence-corrected chi connectivity index (χ2v) is 8.48. The van der Waals surface area contributed by atoms with Crippen LogP contribution in [0.4, 0.5) is 4.39 Å². The zero-order valence-electron chi connectivity index (χ0n) is 18.5. The zero-order valence-corrected chi connectivity index (χ0v) is 18.5. The highest BCUT2D eigenvalue weighted by Crippen LogP contribution is 2.28. The molecule has 0 bridgehead atoms. The summed E-state index contributed by atoms with van der Waals surface area (Å²) < 4.78 is 21.4. The van der Waals surface area contributed by atoms with E-state index < -0.39 is 0 Å². The van der Waals surface area contributed by atoms with Gasteiger partial charge in [-0.2, -0.15) is 5.10 Å². The van der Waals surface area contributed by atoms with E-state index in [1.54, 1.807) is 12.1 Å². The molecule has 1 aliphatic heterocycles. The van der Waals surface area contributed by atoms with Crippen LogP contribution in [-0.4, -0.2) is 52.8 Å². The van der Waals surface area contributed by atoms with E-state index >= 15 is 0 Å². The van der Waals surface area contributed by atoms with Crippen LogP contribution in [0.15, 0.2) is 71.1 Å². The first-order chi connectivity index (χ1) is 15.5. The fourth-order valence-corrected chi connectivity index (χ4v) is 4.14. The van der Waals surface area contributed by atoms with Crippen LogP contribution in [0.25, 0.3) is 28.3 Å². The number of rotatable bonds is 5. The average molecular weight is 431 g/mol. The number of hydrogen-bond acceptors (Lipinski definition) is 4. The van der Waals surface area contributed by atoms with Gasteiger partial charge in [0.25, 0.3) is 0 Å². The molecule has 1 saturated heterocycles. The van der Waals surface area contributed by atoms with E-state index in [2.05, 4.69) is 22.9 Å². The molecule has 0 aliphatic carbocycles. The largest absolute Gasteiger partial charge is 0.458 e. The lowest BCUT2D eigenvalue weighted by Crippen LogP contribution is -2.43. The Kier molecular flexibility index (Phi) is 5.64. The first-order valence-corrected chi connectivity index (χ1v) is 11.0. The molecule has 0 spiro atoms. The minimum atomic E-state index is -0.229. The third-order valence-electron chi connectivity index (χ3n) is 6.01. The third-order valence-corrected chi connectivity index (χ3v) is 6.01. The third kappa shape index (κ3) is 4.38. The molecule has 5 rings (SSSR count). The maximum Gasteiger partial charge on any atom is 0.152 e. The lowest BCUT2D eigenvalue weighted by atomic mass is 10.1. The van der Waals surface area contributed by atoms with Gasteiger partial charge in [0.2, 0.25) is 0 Å². The Hall–Kier alpha value is -3.22. The highest BCUT2D eigenvalue weighted by Gasteiger charge is 2.18. The number of furan rings is 1. The lowest BCUT2D eigenvalue weighted by Gasteiger charge is -2.31. The SMILES string of the molecule is Cc1cc(-c2ccc(CN3CCN(C)CC3)o2)n(-c2ccc(-c3ccc(F)cc3)cc2)n1. The van der Waals surface area contributed by atoms with Crippen molar-refractivity contribution >= 4 is 0 Å². The maximum absolute atomic E-state index is 13.2. The quantitative estimate of drug-likeness (QED) is 0.447. The van der Waals surface area contributed by atoms with Gasteiger partial charge in [0.15, 0.2) is 5.76 Å². The molecule has 0 atom stereocenters. The Labute approximate surface area is 187 Å². The number of nitrogens with zero attached hydrogens (tertiary/aromatic N) is 4. The van der Waals surface area contributed by atoms with Crippen LogP contribution in [0, 0.1) is 12.7 Å². The molecule has 0 N–H and O–H groups in total. The van der Waals surface area contributed by atoms with Gasteiger partial charge in [0.05, 0.1) is 17.9 Å². The van der Waals surface area contributed by atoms with Crippen molar-refractivity contribution in [1.29, 1.82) is 0 Å². The van der Waals surface area contributed by atoms with Crippen molar-refractivity contribution in [3.05, 3.63) is 84.0 Å². The van der Waals surface area contributed by atoms with Gasteiger partial charge in [-0.15, -0.1) is 0 Å². The maximum atomic E-state index is 13.2. The van der Waals surface area contributed by atoms with Gasteiger partial charge in [-0.3, -0.25) is 4.90 Å². The Morgan fingerprint density at radius 3 is 2.22 bits per heavy atom. The molecule has 0 radical (unpaired) electrons. The Balaban J connectivity index is 1.37. The fourth-order valence-electron chi connectivity index (χ4n) is 4.14. The molecular formula is C26H27FN4O. The summed E-state index contributed by atoms with van der Waals surface area (Å²) in [6.45, 7) is 7.11. The van der Waals surface area contributed by atoms with Gasteiger partial charge in [-0.1, -0.05) is 24.3 Å². The number of benzene rings is 2. The molecule has 1 fully saturated rings. The summed E-state index contributed by atoms with van der Waals surface area (Å²) in [6, 6.07) is 20.8. The summed E-state index contributed by atoms with van der Waals surface area (Å²) in [7, 11) is 2.16. The van der Waals surface area contributed by atoms with Gasteiger partial charge in [0, 0.05) is 26.2 Å². The van der Waals surface area contributed by atoms with E-state index in [1.165, 1.54) is 12.1 Å². The first-order valence-electron chi connectivity index (χ1n) is 11.0. The molecule has 3 heterocycles. The van der Waals surface area contributed by atoms with Crippen molar-refractivity contribution in [3.63, 3.8) is 0 Å². The van der Waals surface area contributed by atoms with Gasteiger partial charge < -0.3 is 9.32 Å². The van der Waals surface area contributed by atoms with Crippen molar-refractivity contribution in [2.75, 3.05) is 33.2 Å². The number of piperazine rings is 1. The van der Waals surface area contributed by atoms with Crippen molar-refractivity contribution in [2.45, 2.75) is 13.5 Å². The van der Waals surface area contributed by atoms with Crippen LogP contribution in [0.1, 0.15) is 11.5 Å².